The molecular weight excluding hydrogens is 394 g/mol. The molecule has 1 aliphatic heterocycles. The molecule has 1 saturated heterocycles. The molecule has 0 atom stereocenters. The van der Waals surface area contributed by atoms with Crippen molar-refractivity contribution in [1.29, 1.82) is 0 Å². The van der Waals surface area contributed by atoms with E-state index in [4.69, 9.17) is 4.74 Å². The quantitative estimate of drug-likeness (QED) is 0.670. The second kappa shape index (κ2) is 7.33. The zero-order valence-electron chi connectivity index (χ0n) is 18.3. The number of aromatic nitrogens is 5. The van der Waals surface area contributed by atoms with E-state index in [0.29, 0.717) is 31.1 Å². The van der Waals surface area contributed by atoms with Gasteiger partial charge in [-0.05, 0) is 30.7 Å². The first kappa shape index (κ1) is 20.0. The average molecular weight is 424 g/mol. The fourth-order valence-electron chi connectivity index (χ4n) is 4.22. The van der Waals surface area contributed by atoms with Gasteiger partial charge in [0.1, 0.15) is 5.69 Å². The normalized spacial score (nSPS) is 18.4. The van der Waals surface area contributed by atoms with Gasteiger partial charge in [0.15, 0.2) is 0 Å². The molecule has 9 nitrogen and oxygen atoms in total. The lowest BCUT2D eigenvalue weighted by Crippen LogP contribution is -2.46. The summed E-state index contributed by atoms with van der Waals surface area (Å²) in [6, 6.07) is 1.89. The zero-order valence-corrected chi connectivity index (χ0v) is 18.3. The number of nitrogens with zero attached hydrogens (tertiary/aromatic N) is 5. The number of ether oxygens (including phenoxy) is 1. The highest BCUT2D eigenvalue weighted by atomic mass is 16.5. The molecule has 3 aromatic heterocycles. The summed E-state index contributed by atoms with van der Waals surface area (Å²) < 4.78 is 7.70. The first-order chi connectivity index (χ1) is 14.8. The number of nitrogens with one attached hydrogen (secondary N) is 2. The highest BCUT2D eigenvalue weighted by Crippen LogP contribution is 2.43. The fourth-order valence-corrected chi connectivity index (χ4v) is 4.22. The molecule has 2 aliphatic rings. The van der Waals surface area contributed by atoms with E-state index in [1.165, 1.54) is 0 Å². The summed E-state index contributed by atoms with van der Waals surface area (Å²) in [5.41, 5.74) is 3.01. The number of aromatic amines is 1. The number of fused-ring (bicyclic) bond motifs is 1. The molecular formula is C22H29N7O2. The topological polar surface area (TPSA) is 101 Å². The number of carbonyl (C=O) groups is 1. The maximum absolute atomic E-state index is 13.1. The number of hydrogen-bond donors (Lipinski definition) is 2. The summed E-state index contributed by atoms with van der Waals surface area (Å²) in [5.74, 6) is 0. The van der Waals surface area contributed by atoms with Gasteiger partial charge in [-0.25, -0.2) is 4.79 Å². The summed E-state index contributed by atoms with van der Waals surface area (Å²) in [5, 5.41) is 15.7. The van der Waals surface area contributed by atoms with Crippen molar-refractivity contribution >= 4 is 22.6 Å². The van der Waals surface area contributed by atoms with Gasteiger partial charge in [-0.15, -0.1) is 0 Å². The molecule has 1 saturated carbocycles. The van der Waals surface area contributed by atoms with Crippen LogP contribution in [0.1, 0.15) is 40.0 Å². The van der Waals surface area contributed by atoms with Crippen LogP contribution in [0.25, 0.3) is 22.3 Å². The van der Waals surface area contributed by atoms with Crippen LogP contribution in [-0.2, 0) is 11.3 Å². The number of urea groups is 1. The number of pyridine rings is 1. The van der Waals surface area contributed by atoms with Crippen molar-refractivity contribution < 1.29 is 9.53 Å². The van der Waals surface area contributed by atoms with Crippen molar-refractivity contribution in [2.75, 3.05) is 25.1 Å². The number of anilines is 1. The molecule has 2 amide bonds. The van der Waals surface area contributed by atoms with Crippen LogP contribution in [0, 0.1) is 5.41 Å². The van der Waals surface area contributed by atoms with Gasteiger partial charge in [0.25, 0.3) is 0 Å². The van der Waals surface area contributed by atoms with Gasteiger partial charge >= 0.3 is 6.03 Å². The summed E-state index contributed by atoms with van der Waals surface area (Å²) in [6.45, 7) is 9.38. The number of carbonyl (C=O) groups excluding carboxylic acids is 1. The van der Waals surface area contributed by atoms with E-state index in [1.54, 1.807) is 6.20 Å². The van der Waals surface area contributed by atoms with E-state index in [0.717, 1.165) is 42.4 Å². The van der Waals surface area contributed by atoms with E-state index in [1.807, 2.05) is 28.0 Å². The predicted molar refractivity (Wildman–Crippen MR) is 118 cm³/mol. The van der Waals surface area contributed by atoms with Crippen LogP contribution < -0.4 is 5.32 Å². The molecule has 0 radical (unpaired) electrons. The van der Waals surface area contributed by atoms with Crippen LogP contribution in [0.3, 0.4) is 0 Å². The smallest absolute Gasteiger partial charge is 0.322 e. The Hall–Kier alpha value is -2.94. The molecule has 164 valence electrons. The third-order valence-corrected chi connectivity index (χ3v) is 5.97. The second-order valence-corrected chi connectivity index (χ2v) is 9.86. The van der Waals surface area contributed by atoms with Crippen molar-refractivity contribution in [2.45, 2.75) is 52.1 Å². The Morgan fingerprint density at radius 3 is 2.90 bits per heavy atom. The Labute approximate surface area is 181 Å². The Balaban J connectivity index is 1.41. The highest BCUT2D eigenvalue weighted by Gasteiger charge is 2.51. The van der Waals surface area contributed by atoms with E-state index in [-0.39, 0.29) is 17.0 Å². The zero-order chi connectivity index (χ0) is 21.6. The SMILES string of the molecule is CC(C)(C)Cn1ncc2cnc(-c3[nH]ncc3NC(=O)N3CCCOCC34CC4)cc21. The first-order valence-corrected chi connectivity index (χ1v) is 10.9. The third kappa shape index (κ3) is 3.89. The maximum Gasteiger partial charge on any atom is 0.322 e. The summed E-state index contributed by atoms with van der Waals surface area (Å²) >= 11 is 0. The number of hydrogen-bond acceptors (Lipinski definition) is 5. The van der Waals surface area contributed by atoms with Crippen LogP contribution in [0.5, 0.6) is 0 Å². The monoisotopic (exact) mass is 423 g/mol. The van der Waals surface area contributed by atoms with Crippen LogP contribution >= 0.6 is 0 Å². The lowest BCUT2D eigenvalue weighted by Gasteiger charge is -2.29. The molecule has 3 aromatic rings. The Morgan fingerprint density at radius 2 is 2.13 bits per heavy atom. The van der Waals surface area contributed by atoms with E-state index >= 15 is 0 Å². The van der Waals surface area contributed by atoms with Gasteiger partial charge in [0.05, 0.1) is 41.4 Å². The Kier molecular flexibility index (Phi) is 4.73. The molecule has 0 bridgehead atoms. The second-order valence-electron chi connectivity index (χ2n) is 9.86. The van der Waals surface area contributed by atoms with Crippen LogP contribution in [-0.4, -0.2) is 61.2 Å². The van der Waals surface area contributed by atoms with Gasteiger partial charge in [-0.2, -0.15) is 10.2 Å². The van der Waals surface area contributed by atoms with Crippen LogP contribution in [0.4, 0.5) is 10.5 Å². The van der Waals surface area contributed by atoms with Crippen molar-refractivity contribution in [2.24, 2.45) is 5.41 Å². The molecule has 2 fully saturated rings. The minimum absolute atomic E-state index is 0.102. The molecule has 31 heavy (non-hydrogen) atoms. The highest BCUT2D eigenvalue weighted by molar-refractivity contribution is 5.94. The fraction of sp³-hybridized carbons (Fsp3) is 0.545. The number of rotatable bonds is 3. The molecule has 0 unspecified atom stereocenters. The van der Waals surface area contributed by atoms with Gasteiger partial charge < -0.3 is 15.0 Å². The van der Waals surface area contributed by atoms with Gasteiger partial charge in [0.2, 0.25) is 0 Å². The molecule has 2 N–H and O–H groups in total. The largest absolute Gasteiger partial charge is 0.379 e. The summed E-state index contributed by atoms with van der Waals surface area (Å²) in [6.07, 6.45) is 8.13. The lowest BCUT2D eigenvalue weighted by molar-refractivity contribution is 0.0998. The number of amides is 2. The molecule has 9 heteroatoms. The van der Waals surface area contributed by atoms with Crippen molar-refractivity contribution in [3.8, 4) is 11.4 Å². The maximum atomic E-state index is 13.1. The van der Waals surface area contributed by atoms with Gasteiger partial charge in [0, 0.05) is 31.3 Å². The minimum Gasteiger partial charge on any atom is -0.379 e. The molecule has 0 aromatic carbocycles. The molecule has 5 rings (SSSR count). The van der Waals surface area contributed by atoms with E-state index in [9.17, 15) is 4.79 Å². The Bertz CT molecular complexity index is 1110. The van der Waals surface area contributed by atoms with Gasteiger partial charge in [-0.3, -0.25) is 14.8 Å². The number of H-pyrrole nitrogens is 1. The van der Waals surface area contributed by atoms with Crippen molar-refractivity contribution in [3.63, 3.8) is 0 Å². The summed E-state index contributed by atoms with van der Waals surface area (Å²) in [7, 11) is 0. The summed E-state index contributed by atoms with van der Waals surface area (Å²) in [4.78, 5) is 19.6. The Morgan fingerprint density at radius 1 is 1.29 bits per heavy atom. The molecule has 1 spiro atoms. The molecule has 1 aliphatic carbocycles. The lowest BCUT2D eigenvalue weighted by atomic mass is 9.97. The minimum atomic E-state index is -0.138. The van der Waals surface area contributed by atoms with Crippen molar-refractivity contribution in [3.05, 3.63) is 24.7 Å². The standard InChI is InChI=1S/C22H29N7O2/c1-21(2,3)13-29-18-9-16(23-10-15(18)11-25-29)19-17(12-24-27-19)26-20(30)28-7-4-8-31-14-22(28)5-6-22/h9-12H,4-8,13-14H2,1-3H3,(H,24,27)(H,26,30). The average Bonchev–Trinajstić information content (AvgIpc) is 3.27. The van der Waals surface area contributed by atoms with E-state index in [2.05, 4.69) is 46.4 Å². The van der Waals surface area contributed by atoms with Crippen molar-refractivity contribution in [1.82, 2.24) is 29.9 Å². The first-order valence-electron chi connectivity index (χ1n) is 10.9. The van der Waals surface area contributed by atoms with E-state index < -0.39 is 0 Å². The van der Waals surface area contributed by atoms with Crippen LogP contribution in [0.15, 0.2) is 24.7 Å². The van der Waals surface area contributed by atoms with Crippen LogP contribution in [0.2, 0.25) is 0 Å². The third-order valence-electron chi connectivity index (χ3n) is 5.97. The molecule has 4 heterocycles. The predicted octanol–water partition coefficient (Wildman–Crippen LogP) is 3.65. The van der Waals surface area contributed by atoms with Gasteiger partial charge in [-0.1, -0.05) is 20.8 Å².